The maximum Gasteiger partial charge on any atom is 0.289 e. The van der Waals surface area contributed by atoms with Gasteiger partial charge in [0.2, 0.25) is 0 Å². The number of carbonyl (C=O) groups excluding carboxylic acids is 1. The Bertz CT molecular complexity index is 870. The number of benzene rings is 1. The summed E-state index contributed by atoms with van der Waals surface area (Å²) >= 11 is 1.74. The highest BCUT2D eigenvalue weighted by molar-refractivity contribution is 7.98. The average molecular weight is 366 g/mol. The maximum atomic E-state index is 12.5. The van der Waals surface area contributed by atoms with E-state index in [-0.39, 0.29) is 5.91 Å². The predicted octanol–water partition coefficient (Wildman–Crippen LogP) is 4.86. The fourth-order valence-corrected chi connectivity index (χ4v) is 3.80. The van der Waals surface area contributed by atoms with Crippen molar-refractivity contribution >= 4 is 17.7 Å². The number of hydrogen-bond donors (Lipinski definition) is 0. The molecule has 0 bridgehead atoms. The quantitative estimate of drug-likeness (QED) is 0.585. The second kappa shape index (κ2) is 8.23. The van der Waals surface area contributed by atoms with Crippen molar-refractivity contribution in [2.75, 3.05) is 7.05 Å². The molecule has 26 heavy (non-hydrogen) atoms. The molecule has 0 aliphatic rings. The van der Waals surface area contributed by atoms with Crippen LogP contribution in [0.4, 0.5) is 0 Å². The van der Waals surface area contributed by atoms with Gasteiger partial charge in [-0.3, -0.25) is 9.78 Å². The van der Waals surface area contributed by atoms with Crippen molar-refractivity contribution in [3.05, 3.63) is 83.1 Å². The summed E-state index contributed by atoms with van der Waals surface area (Å²) in [4.78, 5) is 19.5. The normalized spacial score (nSPS) is 10.7. The minimum Gasteiger partial charge on any atom is -0.455 e. The summed E-state index contributed by atoms with van der Waals surface area (Å²) in [5.74, 6) is 1.74. The van der Waals surface area contributed by atoms with Crippen molar-refractivity contribution in [3.8, 4) is 0 Å². The summed E-state index contributed by atoms with van der Waals surface area (Å²) in [6.45, 7) is 4.72. The first kappa shape index (κ1) is 18.3. The lowest BCUT2D eigenvalue weighted by atomic mass is 10.2. The highest BCUT2D eigenvalue weighted by Crippen LogP contribution is 2.29. The molecular formula is C21H22N2O2S. The van der Waals surface area contributed by atoms with Crippen molar-refractivity contribution in [3.63, 3.8) is 0 Å². The zero-order chi connectivity index (χ0) is 18.5. The van der Waals surface area contributed by atoms with Crippen molar-refractivity contribution in [1.82, 2.24) is 9.88 Å². The zero-order valence-electron chi connectivity index (χ0n) is 15.2. The van der Waals surface area contributed by atoms with Gasteiger partial charge < -0.3 is 9.32 Å². The molecule has 2 aromatic heterocycles. The fraction of sp³-hybridized carbons (Fsp3) is 0.238. The molecule has 1 aromatic carbocycles. The molecular weight excluding hydrogens is 344 g/mol. The van der Waals surface area contributed by atoms with E-state index < -0.39 is 0 Å². The number of nitrogens with zero attached hydrogens (tertiary/aromatic N) is 2. The second-order valence-corrected chi connectivity index (χ2v) is 7.28. The first-order valence-electron chi connectivity index (χ1n) is 8.46. The minimum atomic E-state index is -0.128. The maximum absolute atomic E-state index is 12.5. The molecule has 0 fully saturated rings. The molecule has 3 rings (SSSR count). The number of aryl methyl sites for hydroxylation is 2. The summed E-state index contributed by atoms with van der Waals surface area (Å²) in [5, 5.41) is 0. The summed E-state index contributed by atoms with van der Waals surface area (Å²) in [6.07, 6.45) is 3.48. The SMILES string of the molecule is Cc1cccc(C)c1SCc1ccc(C(=O)N(C)Cc2cccnc2)o1. The number of aromatic nitrogens is 1. The van der Waals surface area contributed by atoms with Gasteiger partial charge in [0.05, 0.1) is 5.75 Å². The van der Waals surface area contributed by atoms with Gasteiger partial charge in [0.25, 0.3) is 5.91 Å². The lowest BCUT2D eigenvalue weighted by Crippen LogP contribution is -2.25. The van der Waals surface area contributed by atoms with Crippen molar-refractivity contribution < 1.29 is 9.21 Å². The number of rotatable bonds is 6. The Hall–Kier alpha value is -2.53. The highest BCUT2D eigenvalue weighted by Gasteiger charge is 2.16. The van der Waals surface area contributed by atoms with E-state index in [1.165, 1.54) is 16.0 Å². The van der Waals surface area contributed by atoms with Crippen LogP contribution in [-0.4, -0.2) is 22.8 Å². The van der Waals surface area contributed by atoms with Crippen LogP contribution in [0.3, 0.4) is 0 Å². The summed E-state index contributed by atoms with van der Waals surface area (Å²) < 4.78 is 5.78. The van der Waals surface area contributed by atoms with E-state index in [9.17, 15) is 4.79 Å². The molecule has 0 saturated carbocycles. The molecule has 0 saturated heterocycles. The first-order valence-corrected chi connectivity index (χ1v) is 9.45. The zero-order valence-corrected chi connectivity index (χ0v) is 16.0. The van der Waals surface area contributed by atoms with Crippen LogP contribution >= 0.6 is 11.8 Å². The van der Waals surface area contributed by atoms with E-state index in [1.807, 2.05) is 18.2 Å². The number of furan rings is 1. The Labute approximate surface area is 158 Å². The number of thioether (sulfide) groups is 1. The molecule has 134 valence electrons. The van der Waals surface area contributed by atoms with Gasteiger partial charge in [-0.15, -0.1) is 11.8 Å². The summed E-state index contributed by atoms with van der Waals surface area (Å²) in [7, 11) is 1.77. The van der Waals surface area contributed by atoms with Crippen LogP contribution in [0.2, 0.25) is 0 Å². The fourth-order valence-electron chi connectivity index (χ4n) is 2.77. The Morgan fingerprint density at radius 2 is 1.88 bits per heavy atom. The third-order valence-electron chi connectivity index (χ3n) is 4.13. The molecule has 0 radical (unpaired) electrons. The molecule has 0 unspecified atom stereocenters. The standard InChI is InChI=1S/C21H22N2O2S/c1-15-6-4-7-16(2)20(15)26-14-18-9-10-19(25-18)21(24)23(3)13-17-8-5-11-22-12-17/h4-12H,13-14H2,1-3H3. The van der Waals surface area contributed by atoms with E-state index >= 15 is 0 Å². The van der Waals surface area contributed by atoms with Gasteiger partial charge in [-0.05, 0) is 48.7 Å². The van der Waals surface area contributed by atoms with Crippen molar-refractivity contribution in [2.45, 2.75) is 31.0 Å². The molecule has 2 heterocycles. The largest absolute Gasteiger partial charge is 0.455 e. The molecule has 4 nitrogen and oxygen atoms in total. The molecule has 0 N–H and O–H groups in total. The van der Waals surface area contributed by atoms with Gasteiger partial charge in [-0.2, -0.15) is 0 Å². The van der Waals surface area contributed by atoms with Crippen molar-refractivity contribution in [2.24, 2.45) is 0 Å². The van der Waals surface area contributed by atoms with Crippen LogP contribution in [0.1, 0.15) is 33.0 Å². The number of amides is 1. The molecule has 5 heteroatoms. The van der Waals surface area contributed by atoms with Gasteiger partial charge in [-0.25, -0.2) is 0 Å². The number of pyridine rings is 1. The van der Waals surface area contributed by atoms with E-state index in [2.05, 4.69) is 37.0 Å². The van der Waals surface area contributed by atoms with Gasteiger partial charge in [0.1, 0.15) is 5.76 Å². The third kappa shape index (κ3) is 4.35. The topological polar surface area (TPSA) is 46.3 Å². The van der Waals surface area contributed by atoms with E-state index in [1.54, 1.807) is 42.2 Å². The van der Waals surface area contributed by atoms with Gasteiger partial charge >= 0.3 is 0 Å². The Balaban J connectivity index is 1.63. The van der Waals surface area contributed by atoms with Crippen LogP contribution in [0.25, 0.3) is 0 Å². The molecule has 0 aliphatic carbocycles. The van der Waals surface area contributed by atoms with E-state index in [0.29, 0.717) is 18.1 Å². The monoisotopic (exact) mass is 366 g/mol. The van der Waals surface area contributed by atoms with Crippen LogP contribution < -0.4 is 0 Å². The first-order chi connectivity index (χ1) is 12.5. The van der Waals surface area contributed by atoms with Gasteiger partial charge in [-0.1, -0.05) is 24.3 Å². The van der Waals surface area contributed by atoms with Crippen molar-refractivity contribution in [1.29, 1.82) is 0 Å². The van der Waals surface area contributed by atoms with Gasteiger partial charge in [0.15, 0.2) is 5.76 Å². The summed E-state index contributed by atoms with van der Waals surface area (Å²) in [6, 6.07) is 13.7. The van der Waals surface area contributed by atoms with Crippen LogP contribution in [0, 0.1) is 13.8 Å². The smallest absolute Gasteiger partial charge is 0.289 e. The predicted molar refractivity (Wildman–Crippen MR) is 104 cm³/mol. The molecule has 3 aromatic rings. The number of carbonyl (C=O) groups is 1. The third-order valence-corrected chi connectivity index (χ3v) is 5.49. The minimum absolute atomic E-state index is 0.128. The highest BCUT2D eigenvalue weighted by atomic mass is 32.2. The van der Waals surface area contributed by atoms with Crippen LogP contribution in [-0.2, 0) is 12.3 Å². The van der Waals surface area contributed by atoms with Gasteiger partial charge in [0, 0.05) is 30.9 Å². The second-order valence-electron chi connectivity index (χ2n) is 6.30. The Morgan fingerprint density at radius 3 is 2.58 bits per heavy atom. The lowest BCUT2D eigenvalue weighted by molar-refractivity contribution is 0.0752. The molecule has 0 aliphatic heterocycles. The Kier molecular flexibility index (Phi) is 5.78. The average Bonchev–Trinajstić information content (AvgIpc) is 3.10. The molecule has 0 atom stereocenters. The van der Waals surface area contributed by atoms with E-state index in [0.717, 1.165) is 11.3 Å². The molecule has 0 spiro atoms. The van der Waals surface area contributed by atoms with Crippen LogP contribution in [0.5, 0.6) is 0 Å². The molecule has 1 amide bonds. The lowest BCUT2D eigenvalue weighted by Gasteiger charge is -2.15. The van der Waals surface area contributed by atoms with Crippen LogP contribution in [0.15, 0.2) is 64.2 Å². The summed E-state index contributed by atoms with van der Waals surface area (Å²) in [5.41, 5.74) is 3.50. The Morgan fingerprint density at radius 1 is 1.12 bits per heavy atom. The number of hydrogen-bond acceptors (Lipinski definition) is 4. The van der Waals surface area contributed by atoms with E-state index in [4.69, 9.17) is 4.42 Å².